The highest BCUT2D eigenvalue weighted by Crippen LogP contribution is 2.48. The average Bonchev–Trinajstić information content (AvgIpc) is 2.73. The zero-order valence-corrected chi connectivity index (χ0v) is 15.6. The molecule has 1 unspecified atom stereocenters. The fourth-order valence-electron chi connectivity index (χ4n) is 4.51. The second-order valence-corrected chi connectivity index (χ2v) is 7.34. The van der Waals surface area contributed by atoms with Crippen molar-refractivity contribution in [2.24, 2.45) is 5.92 Å². The van der Waals surface area contributed by atoms with E-state index in [4.69, 9.17) is 14.2 Å². The number of nitrogens with zero attached hydrogens (tertiary/aromatic N) is 1. The Hall–Kier alpha value is -2.56. The van der Waals surface area contributed by atoms with Crippen molar-refractivity contribution in [2.75, 3.05) is 27.4 Å². The third-order valence-corrected chi connectivity index (χ3v) is 5.78. The molecule has 3 atom stereocenters. The number of rotatable bonds is 2. The summed E-state index contributed by atoms with van der Waals surface area (Å²) in [6.45, 7) is 1.37. The minimum atomic E-state index is -0.105. The topological polar surface area (TPSA) is 30.9 Å². The monoisotopic (exact) mass is 361 g/mol. The average molecular weight is 361 g/mol. The molecule has 2 aliphatic heterocycles. The summed E-state index contributed by atoms with van der Waals surface area (Å²) in [5.41, 5.74) is 2.40. The van der Waals surface area contributed by atoms with Gasteiger partial charge in [0.1, 0.15) is 17.7 Å². The summed E-state index contributed by atoms with van der Waals surface area (Å²) in [6, 6.07) is 21.2. The maximum absolute atomic E-state index is 6.26. The number of benzene rings is 3. The second-order valence-electron chi connectivity index (χ2n) is 7.34. The Morgan fingerprint density at radius 1 is 1.00 bits per heavy atom. The van der Waals surface area contributed by atoms with E-state index in [1.807, 2.05) is 12.1 Å². The third kappa shape index (κ3) is 2.68. The van der Waals surface area contributed by atoms with Gasteiger partial charge in [0.25, 0.3) is 0 Å². The molecule has 0 N–H and O–H groups in total. The van der Waals surface area contributed by atoms with Crippen LogP contribution >= 0.6 is 0 Å². The first kappa shape index (κ1) is 16.6. The van der Waals surface area contributed by atoms with Crippen molar-refractivity contribution in [3.63, 3.8) is 0 Å². The third-order valence-electron chi connectivity index (χ3n) is 5.78. The minimum absolute atomic E-state index is 0.105. The van der Waals surface area contributed by atoms with Gasteiger partial charge in [-0.2, -0.15) is 0 Å². The van der Waals surface area contributed by atoms with Gasteiger partial charge < -0.3 is 14.2 Å². The van der Waals surface area contributed by atoms with Gasteiger partial charge in [-0.05, 0) is 41.6 Å². The summed E-state index contributed by atoms with van der Waals surface area (Å²) in [7, 11) is 3.85. The molecule has 3 aromatic carbocycles. The highest BCUT2D eigenvalue weighted by molar-refractivity contribution is 5.88. The molecule has 138 valence electrons. The van der Waals surface area contributed by atoms with Crippen LogP contribution in [0.4, 0.5) is 0 Å². The first-order chi connectivity index (χ1) is 13.3. The van der Waals surface area contributed by atoms with E-state index >= 15 is 0 Å². The molecule has 2 aliphatic rings. The van der Waals surface area contributed by atoms with Crippen molar-refractivity contribution in [3.05, 3.63) is 71.8 Å². The molecule has 2 heterocycles. The number of hydrogen-bond acceptors (Lipinski definition) is 4. The van der Waals surface area contributed by atoms with E-state index in [-0.39, 0.29) is 12.3 Å². The van der Waals surface area contributed by atoms with E-state index in [2.05, 4.69) is 60.5 Å². The lowest BCUT2D eigenvalue weighted by Crippen LogP contribution is -2.46. The van der Waals surface area contributed by atoms with Crippen LogP contribution in [0.5, 0.6) is 11.5 Å². The molecule has 0 bridgehead atoms. The first-order valence-corrected chi connectivity index (χ1v) is 9.38. The van der Waals surface area contributed by atoms with Crippen LogP contribution in [0, 0.1) is 5.92 Å². The Labute approximate surface area is 159 Å². The van der Waals surface area contributed by atoms with Gasteiger partial charge in [0, 0.05) is 17.5 Å². The van der Waals surface area contributed by atoms with Crippen LogP contribution in [0.1, 0.15) is 23.4 Å². The Morgan fingerprint density at radius 3 is 2.78 bits per heavy atom. The molecule has 0 amide bonds. The number of ether oxygens (including phenoxy) is 3. The lowest BCUT2D eigenvalue weighted by molar-refractivity contribution is -0.155. The molecule has 0 aliphatic carbocycles. The molecular formula is C23H23NO3. The lowest BCUT2D eigenvalue weighted by atomic mass is 9.85. The van der Waals surface area contributed by atoms with Crippen LogP contribution in [0.25, 0.3) is 10.8 Å². The molecule has 27 heavy (non-hydrogen) atoms. The second kappa shape index (κ2) is 6.55. The zero-order chi connectivity index (χ0) is 18.4. The fraction of sp³-hybridized carbons (Fsp3) is 0.304. The molecule has 1 fully saturated rings. The molecule has 1 saturated heterocycles. The standard InChI is InChI=1S/C23H23NO3/c1-24-22-17(14-27-23(24)16-7-5-8-18(12-16)25-2)13-26-20-11-10-15-6-3-4-9-19(15)21(20)22/h3-12,17,22-23H,13-14H2,1-2H3/t17-,22+,23?/m1/s1. The van der Waals surface area contributed by atoms with Crippen LogP contribution in [0.2, 0.25) is 0 Å². The molecule has 3 aromatic rings. The Balaban J connectivity index is 1.60. The van der Waals surface area contributed by atoms with Gasteiger partial charge in [0.05, 0.1) is 20.3 Å². The van der Waals surface area contributed by atoms with Gasteiger partial charge in [-0.25, -0.2) is 0 Å². The van der Waals surface area contributed by atoms with E-state index in [0.717, 1.165) is 17.1 Å². The van der Waals surface area contributed by atoms with Crippen molar-refractivity contribution in [2.45, 2.75) is 12.3 Å². The summed E-state index contributed by atoms with van der Waals surface area (Å²) in [6.07, 6.45) is -0.105. The molecule has 0 aromatic heterocycles. The van der Waals surface area contributed by atoms with Crippen LogP contribution in [-0.2, 0) is 4.74 Å². The van der Waals surface area contributed by atoms with Crippen LogP contribution in [0.3, 0.4) is 0 Å². The van der Waals surface area contributed by atoms with Crippen molar-refractivity contribution in [3.8, 4) is 11.5 Å². The van der Waals surface area contributed by atoms with Crippen molar-refractivity contribution < 1.29 is 14.2 Å². The van der Waals surface area contributed by atoms with E-state index in [1.165, 1.54) is 16.3 Å². The maximum atomic E-state index is 6.26. The van der Waals surface area contributed by atoms with E-state index in [1.54, 1.807) is 7.11 Å². The first-order valence-electron chi connectivity index (χ1n) is 9.38. The molecule has 5 rings (SSSR count). The van der Waals surface area contributed by atoms with Gasteiger partial charge in [-0.15, -0.1) is 0 Å². The summed E-state index contributed by atoms with van der Waals surface area (Å²) in [4.78, 5) is 2.34. The lowest BCUT2D eigenvalue weighted by Gasteiger charge is -2.47. The Morgan fingerprint density at radius 2 is 1.89 bits per heavy atom. The number of fused-ring (bicyclic) bond motifs is 5. The van der Waals surface area contributed by atoms with Gasteiger partial charge in [-0.1, -0.05) is 42.5 Å². The molecular weight excluding hydrogens is 338 g/mol. The van der Waals surface area contributed by atoms with Gasteiger partial charge >= 0.3 is 0 Å². The summed E-state index contributed by atoms with van der Waals surface area (Å²) in [5.74, 6) is 2.16. The Bertz CT molecular complexity index is 986. The van der Waals surface area contributed by atoms with Crippen molar-refractivity contribution in [1.82, 2.24) is 4.90 Å². The maximum Gasteiger partial charge on any atom is 0.137 e. The fourth-order valence-corrected chi connectivity index (χ4v) is 4.51. The zero-order valence-electron chi connectivity index (χ0n) is 15.6. The number of hydrogen-bond donors (Lipinski definition) is 0. The van der Waals surface area contributed by atoms with Gasteiger partial charge in [0.2, 0.25) is 0 Å². The molecule has 0 radical (unpaired) electrons. The molecule has 0 saturated carbocycles. The summed E-state index contributed by atoms with van der Waals surface area (Å²) in [5, 5.41) is 2.51. The SMILES string of the molecule is COc1cccc(C2OC[C@H]3COc4ccc5ccccc5c4[C@H]3N2C)c1. The van der Waals surface area contributed by atoms with E-state index < -0.39 is 0 Å². The smallest absolute Gasteiger partial charge is 0.137 e. The predicted octanol–water partition coefficient (Wildman–Crippen LogP) is 4.56. The molecule has 4 nitrogen and oxygen atoms in total. The summed E-state index contributed by atoms with van der Waals surface area (Å²) < 4.78 is 17.8. The highest BCUT2D eigenvalue weighted by Gasteiger charge is 2.42. The Kier molecular flexibility index (Phi) is 4.03. The van der Waals surface area contributed by atoms with Crippen LogP contribution in [0.15, 0.2) is 60.7 Å². The van der Waals surface area contributed by atoms with Crippen molar-refractivity contribution in [1.29, 1.82) is 0 Å². The normalized spacial score (nSPS) is 24.7. The number of methoxy groups -OCH3 is 1. The van der Waals surface area contributed by atoms with E-state index in [9.17, 15) is 0 Å². The quantitative estimate of drug-likeness (QED) is 0.670. The predicted molar refractivity (Wildman–Crippen MR) is 105 cm³/mol. The van der Waals surface area contributed by atoms with Gasteiger partial charge in [0.15, 0.2) is 0 Å². The van der Waals surface area contributed by atoms with Gasteiger partial charge in [-0.3, -0.25) is 4.90 Å². The highest BCUT2D eigenvalue weighted by atomic mass is 16.5. The summed E-state index contributed by atoms with van der Waals surface area (Å²) >= 11 is 0. The minimum Gasteiger partial charge on any atom is -0.497 e. The van der Waals surface area contributed by atoms with Crippen molar-refractivity contribution >= 4 is 10.8 Å². The largest absolute Gasteiger partial charge is 0.497 e. The van der Waals surface area contributed by atoms with Crippen LogP contribution < -0.4 is 9.47 Å². The van der Waals surface area contributed by atoms with E-state index in [0.29, 0.717) is 19.1 Å². The van der Waals surface area contributed by atoms with Crippen LogP contribution in [-0.4, -0.2) is 32.3 Å². The molecule has 4 heteroatoms. The molecule has 0 spiro atoms.